The minimum absolute atomic E-state index is 0.00186. The first-order valence-corrected chi connectivity index (χ1v) is 6.90. The maximum absolute atomic E-state index is 12.3. The van der Waals surface area contributed by atoms with E-state index < -0.39 is 12.5 Å². The Labute approximate surface area is 116 Å². The lowest BCUT2D eigenvalue weighted by Gasteiger charge is -2.10. The predicted octanol–water partition coefficient (Wildman–Crippen LogP) is 2.36. The molecule has 0 radical (unpaired) electrons. The minimum atomic E-state index is -2.73. The molecule has 0 saturated heterocycles. The van der Waals surface area contributed by atoms with Crippen molar-refractivity contribution in [2.45, 2.75) is 44.8 Å². The van der Waals surface area contributed by atoms with Gasteiger partial charge >= 0.3 is 6.55 Å². The summed E-state index contributed by atoms with van der Waals surface area (Å²) in [4.78, 5) is 11.6. The molecule has 1 saturated carbocycles. The molecule has 1 aromatic heterocycles. The average Bonchev–Trinajstić information content (AvgIpc) is 3.09. The second-order valence-corrected chi connectivity index (χ2v) is 4.85. The average molecular weight is 287 g/mol. The number of nitrogens with one attached hydrogen (secondary N) is 1. The number of carbonyl (C=O) groups is 1. The molecule has 1 N–H and O–H groups in total. The van der Waals surface area contributed by atoms with Crippen LogP contribution in [0, 0.1) is 0 Å². The topological polar surface area (TPSA) is 56.1 Å². The Morgan fingerprint density at radius 2 is 2.25 bits per heavy atom. The zero-order chi connectivity index (χ0) is 14.4. The van der Waals surface area contributed by atoms with Crippen molar-refractivity contribution in [2.75, 3.05) is 13.2 Å². The molecular formula is C13H19F2N3O2. The van der Waals surface area contributed by atoms with Gasteiger partial charge in [-0.3, -0.25) is 4.79 Å². The van der Waals surface area contributed by atoms with Crippen molar-refractivity contribution in [2.24, 2.45) is 0 Å². The van der Waals surface area contributed by atoms with Gasteiger partial charge in [0, 0.05) is 19.3 Å². The molecule has 0 atom stereocenters. The van der Waals surface area contributed by atoms with E-state index in [1.165, 1.54) is 18.9 Å². The van der Waals surface area contributed by atoms with Crippen LogP contribution in [-0.2, 0) is 4.74 Å². The molecule has 5 nitrogen and oxygen atoms in total. The van der Waals surface area contributed by atoms with Crippen molar-refractivity contribution in [3.63, 3.8) is 0 Å². The van der Waals surface area contributed by atoms with E-state index in [2.05, 4.69) is 10.4 Å². The van der Waals surface area contributed by atoms with E-state index in [-0.39, 0.29) is 5.69 Å². The zero-order valence-corrected chi connectivity index (χ0v) is 11.2. The van der Waals surface area contributed by atoms with Crippen molar-refractivity contribution in [3.05, 3.63) is 18.0 Å². The Morgan fingerprint density at radius 3 is 2.90 bits per heavy atom. The van der Waals surface area contributed by atoms with Crippen molar-refractivity contribution in [1.82, 2.24) is 15.1 Å². The monoisotopic (exact) mass is 287 g/mol. The summed E-state index contributed by atoms with van der Waals surface area (Å²) in [6, 6.07) is 1.27. The van der Waals surface area contributed by atoms with Crippen molar-refractivity contribution < 1.29 is 18.3 Å². The van der Waals surface area contributed by atoms with E-state index in [0.29, 0.717) is 30.4 Å². The molecule has 1 aliphatic carbocycles. The van der Waals surface area contributed by atoms with Crippen LogP contribution in [0.5, 0.6) is 0 Å². The summed E-state index contributed by atoms with van der Waals surface area (Å²) in [5.74, 6) is -0.440. The van der Waals surface area contributed by atoms with Crippen LogP contribution in [0.2, 0.25) is 0 Å². The van der Waals surface area contributed by atoms with E-state index in [4.69, 9.17) is 4.74 Å². The third-order valence-electron chi connectivity index (χ3n) is 3.30. The maximum Gasteiger partial charge on any atom is 0.333 e. The molecule has 0 aromatic carbocycles. The molecule has 0 bridgehead atoms. The molecule has 112 valence electrons. The van der Waals surface area contributed by atoms with Gasteiger partial charge in [-0.2, -0.15) is 13.9 Å². The normalized spacial score (nSPS) is 15.9. The molecule has 1 heterocycles. The fourth-order valence-electron chi connectivity index (χ4n) is 2.24. The van der Waals surface area contributed by atoms with Gasteiger partial charge in [0.1, 0.15) is 5.69 Å². The van der Waals surface area contributed by atoms with E-state index in [0.717, 1.165) is 19.0 Å². The summed E-state index contributed by atoms with van der Waals surface area (Å²) in [6.45, 7) is -1.67. The van der Waals surface area contributed by atoms with Gasteiger partial charge in [0.2, 0.25) is 0 Å². The van der Waals surface area contributed by atoms with Crippen LogP contribution in [0.3, 0.4) is 0 Å². The Balaban J connectivity index is 1.61. The number of aromatic nitrogens is 2. The number of hydrogen-bond acceptors (Lipinski definition) is 3. The number of rotatable bonds is 7. The molecule has 1 amide bonds. The van der Waals surface area contributed by atoms with Crippen LogP contribution in [0.15, 0.2) is 12.3 Å². The number of amides is 1. The third kappa shape index (κ3) is 4.26. The lowest BCUT2D eigenvalue weighted by atomic mass is 10.3. The van der Waals surface area contributed by atoms with Crippen LogP contribution in [0.4, 0.5) is 8.78 Å². The second-order valence-electron chi connectivity index (χ2n) is 4.85. The van der Waals surface area contributed by atoms with Gasteiger partial charge in [0.25, 0.3) is 5.91 Å². The maximum atomic E-state index is 12.3. The van der Waals surface area contributed by atoms with Crippen molar-refractivity contribution >= 4 is 5.91 Å². The third-order valence-corrected chi connectivity index (χ3v) is 3.30. The largest absolute Gasteiger partial charge is 0.378 e. The Kier molecular flexibility index (Phi) is 5.46. The molecule has 1 aliphatic rings. The number of carbonyl (C=O) groups excluding carboxylic acids is 1. The van der Waals surface area contributed by atoms with Crippen LogP contribution in [-0.4, -0.2) is 34.9 Å². The first-order valence-electron chi connectivity index (χ1n) is 6.90. The van der Waals surface area contributed by atoms with E-state index in [1.54, 1.807) is 0 Å². The van der Waals surface area contributed by atoms with Crippen LogP contribution in [0.25, 0.3) is 0 Å². The smallest absolute Gasteiger partial charge is 0.333 e. The Hall–Kier alpha value is -1.50. The highest BCUT2D eigenvalue weighted by Crippen LogP contribution is 2.20. The molecular weight excluding hydrogens is 268 g/mol. The molecule has 7 heteroatoms. The highest BCUT2D eigenvalue weighted by Gasteiger charge is 2.15. The predicted molar refractivity (Wildman–Crippen MR) is 68.6 cm³/mol. The van der Waals surface area contributed by atoms with E-state index in [9.17, 15) is 13.6 Å². The zero-order valence-electron chi connectivity index (χ0n) is 11.2. The van der Waals surface area contributed by atoms with E-state index in [1.807, 2.05) is 0 Å². The van der Waals surface area contributed by atoms with Gasteiger partial charge in [-0.25, -0.2) is 4.68 Å². The second kappa shape index (κ2) is 7.33. The van der Waals surface area contributed by atoms with Crippen LogP contribution >= 0.6 is 0 Å². The van der Waals surface area contributed by atoms with Gasteiger partial charge in [0.05, 0.1) is 6.10 Å². The van der Waals surface area contributed by atoms with Gasteiger partial charge < -0.3 is 10.1 Å². The number of ether oxygens (including phenoxy) is 1. The molecule has 1 fully saturated rings. The quantitative estimate of drug-likeness (QED) is 0.783. The standard InChI is InChI=1S/C13H19F2N3O2/c14-13(15)18-8-6-11(17-18)12(19)16-7-3-9-20-10-4-1-2-5-10/h6,8,10,13H,1-5,7,9H2,(H,16,19). The summed E-state index contributed by atoms with van der Waals surface area (Å²) in [7, 11) is 0. The fourth-order valence-corrected chi connectivity index (χ4v) is 2.24. The summed E-state index contributed by atoms with van der Waals surface area (Å²) >= 11 is 0. The van der Waals surface area contributed by atoms with Crippen molar-refractivity contribution in [3.8, 4) is 0 Å². The lowest BCUT2D eigenvalue weighted by Crippen LogP contribution is -2.26. The number of halogens is 2. The van der Waals surface area contributed by atoms with Gasteiger partial charge in [-0.05, 0) is 25.3 Å². The number of hydrogen-bond donors (Lipinski definition) is 1. The van der Waals surface area contributed by atoms with Crippen LogP contribution in [0.1, 0.15) is 49.1 Å². The summed E-state index contributed by atoms with van der Waals surface area (Å²) in [5, 5.41) is 6.13. The summed E-state index contributed by atoms with van der Waals surface area (Å²) in [6.07, 6.45) is 6.87. The summed E-state index contributed by atoms with van der Waals surface area (Å²) in [5.41, 5.74) is 0.00186. The first kappa shape index (κ1) is 14.9. The SMILES string of the molecule is O=C(NCCCOC1CCCC1)c1ccn(C(F)F)n1. The van der Waals surface area contributed by atoms with Gasteiger partial charge in [-0.15, -0.1) is 0 Å². The van der Waals surface area contributed by atoms with Crippen LogP contribution < -0.4 is 5.32 Å². The molecule has 20 heavy (non-hydrogen) atoms. The molecule has 0 unspecified atom stereocenters. The highest BCUT2D eigenvalue weighted by molar-refractivity contribution is 5.92. The number of alkyl halides is 2. The first-order chi connectivity index (χ1) is 9.66. The van der Waals surface area contributed by atoms with Crippen molar-refractivity contribution in [1.29, 1.82) is 0 Å². The van der Waals surface area contributed by atoms with E-state index >= 15 is 0 Å². The number of nitrogens with zero attached hydrogens (tertiary/aromatic N) is 2. The summed E-state index contributed by atoms with van der Waals surface area (Å²) < 4.78 is 30.7. The molecule has 0 spiro atoms. The Bertz CT molecular complexity index is 431. The molecule has 1 aromatic rings. The van der Waals surface area contributed by atoms with Gasteiger partial charge in [0.15, 0.2) is 0 Å². The van der Waals surface area contributed by atoms with Gasteiger partial charge in [-0.1, -0.05) is 12.8 Å². The highest BCUT2D eigenvalue weighted by atomic mass is 19.3. The lowest BCUT2D eigenvalue weighted by molar-refractivity contribution is 0.0555. The minimum Gasteiger partial charge on any atom is -0.378 e. The molecule has 0 aliphatic heterocycles. The molecule has 2 rings (SSSR count). The fraction of sp³-hybridized carbons (Fsp3) is 0.692. The Morgan fingerprint density at radius 1 is 1.50 bits per heavy atom.